The fourth-order valence-corrected chi connectivity index (χ4v) is 4.92. The van der Waals surface area contributed by atoms with Crippen molar-refractivity contribution in [1.82, 2.24) is 15.6 Å². The molecule has 0 radical (unpaired) electrons. The Morgan fingerprint density at radius 3 is 2.80 bits per heavy atom. The van der Waals surface area contributed by atoms with Crippen molar-refractivity contribution in [2.45, 2.75) is 50.3 Å². The van der Waals surface area contributed by atoms with Crippen LogP contribution in [0.2, 0.25) is 0 Å². The van der Waals surface area contributed by atoms with Gasteiger partial charge in [0.15, 0.2) is 5.96 Å². The van der Waals surface area contributed by atoms with E-state index in [1.807, 2.05) is 19.3 Å². The van der Waals surface area contributed by atoms with Gasteiger partial charge in [0.25, 0.3) is 0 Å². The molecule has 30 heavy (non-hydrogen) atoms. The number of para-hydroxylation sites is 2. The van der Waals surface area contributed by atoms with Gasteiger partial charge in [0.1, 0.15) is 11.4 Å². The van der Waals surface area contributed by atoms with Gasteiger partial charge in [-0.1, -0.05) is 42.5 Å². The second-order valence-electron chi connectivity index (χ2n) is 8.35. The molecule has 1 fully saturated rings. The molecule has 1 aliphatic carbocycles. The molecule has 1 spiro atoms. The minimum atomic E-state index is -0.0373. The summed E-state index contributed by atoms with van der Waals surface area (Å²) >= 11 is 0. The van der Waals surface area contributed by atoms with Crippen LogP contribution in [-0.2, 0) is 6.54 Å². The molecular formula is C25H28N4O. The molecule has 2 aliphatic rings. The molecule has 0 saturated heterocycles. The van der Waals surface area contributed by atoms with Gasteiger partial charge >= 0.3 is 0 Å². The van der Waals surface area contributed by atoms with Crippen LogP contribution >= 0.6 is 0 Å². The van der Waals surface area contributed by atoms with Crippen LogP contribution < -0.4 is 15.4 Å². The summed E-state index contributed by atoms with van der Waals surface area (Å²) in [5.41, 5.74) is 3.37. The molecule has 154 valence electrons. The van der Waals surface area contributed by atoms with Crippen molar-refractivity contribution < 1.29 is 4.74 Å². The molecule has 1 aliphatic heterocycles. The summed E-state index contributed by atoms with van der Waals surface area (Å²) in [6.45, 7) is 0.671. The van der Waals surface area contributed by atoms with E-state index in [9.17, 15) is 0 Å². The van der Waals surface area contributed by atoms with E-state index in [2.05, 4.69) is 69.1 Å². The lowest BCUT2D eigenvalue weighted by molar-refractivity contribution is 0.0396. The number of rotatable bonds is 3. The Kier molecular flexibility index (Phi) is 5.03. The van der Waals surface area contributed by atoms with Crippen LogP contribution in [-0.4, -0.2) is 23.6 Å². The fourth-order valence-electron chi connectivity index (χ4n) is 4.92. The monoisotopic (exact) mass is 400 g/mol. The van der Waals surface area contributed by atoms with Crippen molar-refractivity contribution in [3.8, 4) is 5.75 Å². The van der Waals surface area contributed by atoms with Crippen LogP contribution in [0.5, 0.6) is 5.75 Å². The van der Waals surface area contributed by atoms with Gasteiger partial charge in [-0.25, -0.2) is 0 Å². The van der Waals surface area contributed by atoms with Crippen molar-refractivity contribution in [2.24, 2.45) is 4.99 Å². The third kappa shape index (κ3) is 3.60. The molecule has 0 amide bonds. The lowest BCUT2D eigenvalue weighted by Crippen LogP contribution is -2.46. The number of ether oxygens (including phenoxy) is 1. The Balaban J connectivity index is 1.34. The van der Waals surface area contributed by atoms with Crippen LogP contribution in [0.4, 0.5) is 0 Å². The average Bonchev–Trinajstić information content (AvgIpc) is 3.23. The lowest BCUT2D eigenvalue weighted by Gasteiger charge is -2.40. The predicted molar refractivity (Wildman–Crippen MR) is 121 cm³/mol. The number of fused-ring (bicyclic) bond motifs is 2. The van der Waals surface area contributed by atoms with E-state index in [1.165, 1.54) is 18.4 Å². The number of aromatic nitrogens is 1. The smallest absolute Gasteiger partial charge is 0.191 e. The standard InChI is InChI=1S/C25H28N4O/c1-26-24(28-17-19-9-6-8-18-10-7-15-27-23(18)19)29-21-16-25(13-4-5-14-25)30-22-12-3-2-11-20(21)22/h2-3,6-12,15,21H,4-5,13-14,16-17H2,1H3,(H2,26,28,29). The zero-order valence-corrected chi connectivity index (χ0v) is 17.4. The number of hydrogen-bond donors (Lipinski definition) is 2. The maximum absolute atomic E-state index is 6.49. The van der Waals surface area contributed by atoms with Gasteiger partial charge in [-0.2, -0.15) is 0 Å². The first-order chi connectivity index (χ1) is 14.8. The predicted octanol–water partition coefficient (Wildman–Crippen LogP) is 4.74. The normalized spacial score (nSPS) is 20.0. The summed E-state index contributed by atoms with van der Waals surface area (Å²) in [6.07, 6.45) is 7.58. The van der Waals surface area contributed by atoms with Gasteiger partial charge in [-0.15, -0.1) is 0 Å². The first kappa shape index (κ1) is 18.9. The second kappa shape index (κ2) is 7.98. The van der Waals surface area contributed by atoms with Crippen molar-refractivity contribution in [2.75, 3.05) is 7.05 Å². The number of nitrogens with one attached hydrogen (secondary N) is 2. The number of benzene rings is 2. The molecule has 1 atom stereocenters. The molecule has 5 heteroatoms. The van der Waals surface area contributed by atoms with E-state index in [-0.39, 0.29) is 11.6 Å². The zero-order chi connectivity index (χ0) is 20.4. The molecule has 5 rings (SSSR count). The van der Waals surface area contributed by atoms with Gasteiger partial charge in [0.2, 0.25) is 0 Å². The largest absolute Gasteiger partial charge is 0.487 e. The van der Waals surface area contributed by atoms with Crippen molar-refractivity contribution in [3.05, 3.63) is 71.9 Å². The minimum Gasteiger partial charge on any atom is -0.487 e. The maximum Gasteiger partial charge on any atom is 0.191 e. The van der Waals surface area contributed by atoms with E-state index < -0.39 is 0 Å². The van der Waals surface area contributed by atoms with Crippen LogP contribution in [0.1, 0.15) is 49.3 Å². The molecule has 0 bridgehead atoms. The van der Waals surface area contributed by atoms with Crippen LogP contribution in [0, 0.1) is 0 Å². The fraction of sp³-hybridized carbons (Fsp3) is 0.360. The van der Waals surface area contributed by atoms with Gasteiger partial charge in [-0.05, 0) is 43.4 Å². The Labute approximate surface area is 177 Å². The van der Waals surface area contributed by atoms with E-state index in [0.717, 1.165) is 47.4 Å². The van der Waals surface area contributed by atoms with E-state index in [0.29, 0.717) is 6.54 Å². The summed E-state index contributed by atoms with van der Waals surface area (Å²) in [5, 5.41) is 8.32. The van der Waals surface area contributed by atoms with Crippen molar-refractivity contribution >= 4 is 16.9 Å². The van der Waals surface area contributed by atoms with Gasteiger partial charge in [0.05, 0.1) is 11.6 Å². The molecule has 2 heterocycles. The summed E-state index contributed by atoms with van der Waals surface area (Å²) in [6, 6.07) is 19.0. The van der Waals surface area contributed by atoms with Crippen LogP contribution in [0.25, 0.3) is 10.9 Å². The van der Waals surface area contributed by atoms with E-state index >= 15 is 0 Å². The molecule has 1 unspecified atom stereocenters. The first-order valence-corrected chi connectivity index (χ1v) is 10.8. The highest BCUT2D eigenvalue weighted by atomic mass is 16.5. The Morgan fingerprint density at radius 1 is 1.10 bits per heavy atom. The van der Waals surface area contributed by atoms with Gasteiger partial charge in [0, 0.05) is 37.2 Å². The number of hydrogen-bond acceptors (Lipinski definition) is 3. The van der Waals surface area contributed by atoms with Crippen molar-refractivity contribution in [3.63, 3.8) is 0 Å². The lowest BCUT2D eigenvalue weighted by atomic mass is 9.86. The molecule has 3 aromatic rings. The molecule has 2 aromatic carbocycles. The third-order valence-corrected chi connectivity index (χ3v) is 6.41. The van der Waals surface area contributed by atoms with E-state index in [4.69, 9.17) is 4.74 Å². The van der Waals surface area contributed by atoms with E-state index in [1.54, 1.807) is 0 Å². The number of aliphatic imine (C=N–C) groups is 1. The van der Waals surface area contributed by atoms with Crippen molar-refractivity contribution in [1.29, 1.82) is 0 Å². The first-order valence-electron chi connectivity index (χ1n) is 10.8. The molecular weight excluding hydrogens is 372 g/mol. The summed E-state index contributed by atoms with van der Waals surface area (Å²) in [5.74, 6) is 1.81. The zero-order valence-electron chi connectivity index (χ0n) is 17.4. The number of guanidine groups is 1. The summed E-state index contributed by atoms with van der Waals surface area (Å²) < 4.78 is 6.49. The topological polar surface area (TPSA) is 58.5 Å². The Morgan fingerprint density at radius 2 is 1.93 bits per heavy atom. The Hall–Kier alpha value is -3.08. The quantitative estimate of drug-likeness (QED) is 0.493. The number of pyridine rings is 1. The average molecular weight is 401 g/mol. The van der Waals surface area contributed by atoms with Crippen LogP contribution in [0.15, 0.2) is 65.8 Å². The molecule has 1 aromatic heterocycles. The highest BCUT2D eigenvalue weighted by molar-refractivity contribution is 5.83. The van der Waals surface area contributed by atoms with Gasteiger partial charge in [-0.3, -0.25) is 9.98 Å². The highest BCUT2D eigenvalue weighted by Gasteiger charge is 2.43. The highest BCUT2D eigenvalue weighted by Crippen LogP contribution is 2.46. The Bertz CT molecular complexity index is 1070. The summed E-state index contributed by atoms with van der Waals surface area (Å²) in [7, 11) is 1.83. The second-order valence-corrected chi connectivity index (χ2v) is 8.35. The van der Waals surface area contributed by atoms with Gasteiger partial charge < -0.3 is 15.4 Å². The maximum atomic E-state index is 6.49. The summed E-state index contributed by atoms with van der Waals surface area (Å²) in [4.78, 5) is 9.06. The number of nitrogens with zero attached hydrogens (tertiary/aromatic N) is 2. The molecule has 1 saturated carbocycles. The molecule has 5 nitrogen and oxygen atoms in total. The third-order valence-electron chi connectivity index (χ3n) is 6.41. The van der Waals surface area contributed by atoms with Crippen LogP contribution in [0.3, 0.4) is 0 Å². The molecule has 2 N–H and O–H groups in total. The SMILES string of the molecule is CN=C(NCc1cccc2cccnc12)NC1CC2(CCCC2)Oc2ccccc21. The minimum absolute atomic E-state index is 0.0373.